The first-order valence-corrected chi connectivity index (χ1v) is 5.66. The zero-order valence-electron chi connectivity index (χ0n) is 11.0. The topological polar surface area (TPSA) is 119 Å². The molecule has 0 aliphatic heterocycles. The van der Waals surface area contributed by atoms with Crippen LogP contribution in [0.15, 0.2) is 18.2 Å². The highest BCUT2D eigenvalue weighted by Gasteiger charge is 2.26. The number of ether oxygens (including phenoxy) is 2. The molecule has 2 unspecified atom stereocenters. The Kier molecular flexibility index (Phi) is 5.42. The summed E-state index contributed by atoms with van der Waals surface area (Å²) in [5.41, 5.74) is -0.233. The van der Waals surface area contributed by atoms with Crippen LogP contribution < -0.4 is 4.74 Å². The lowest BCUT2D eigenvalue weighted by molar-refractivity contribution is -0.385. The van der Waals surface area contributed by atoms with Crippen LogP contribution in [0, 0.1) is 10.1 Å². The predicted octanol–water partition coefficient (Wildman–Crippen LogP) is 0.561. The summed E-state index contributed by atoms with van der Waals surface area (Å²) in [5.74, 6) is -0.534. The van der Waals surface area contributed by atoms with E-state index in [1.807, 2.05) is 0 Å². The number of non-ortho nitro benzene ring substituents is 1. The molecule has 0 fully saturated rings. The molecule has 110 valence electrons. The van der Waals surface area contributed by atoms with Crippen molar-refractivity contribution in [2.75, 3.05) is 14.2 Å². The van der Waals surface area contributed by atoms with Crippen molar-refractivity contribution in [1.29, 1.82) is 0 Å². The van der Waals surface area contributed by atoms with E-state index in [-0.39, 0.29) is 17.0 Å². The Morgan fingerprint density at radius 1 is 1.40 bits per heavy atom. The average Bonchev–Trinajstić information content (AvgIpc) is 2.45. The van der Waals surface area contributed by atoms with Gasteiger partial charge in [-0.15, -0.1) is 0 Å². The molecule has 0 amide bonds. The van der Waals surface area contributed by atoms with Gasteiger partial charge in [-0.05, 0) is 6.07 Å². The van der Waals surface area contributed by atoms with Crippen molar-refractivity contribution < 1.29 is 29.4 Å². The van der Waals surface area contributed by atoms with Crippen LogP contribution in [0.1, 0.15) is 18.1 Å². The Morgan fingerprint density at radius 2 is 2.05 bits per heavy atom. The van der Waals surface area contributed by atoms with Gasteiger partial charge < -0.3 is 19.7 Å². The first-order chi connectivity index (χ1) is 9.40. The second-order valence-electron chi connectivity index (χ2n) is 3.98. The maximum atomic E-state index is 11.1. The summed E-state index contributed by atoms with van der Waals surface area (Å²) in [6.07, 6.45) is -3.41. The van der Waals surface area contributed by atoms with Gasteiger partial charge >= 0.3 is 5.97 Å². The highest BCUT2D eigenvalue weighted by Crippen LogP contribution is 2.31. The van der Waals surface area contributed by atoms with Crippen molar-refractivity contribution in [3.8, 4) is 5.75 Å². The number of carbonyl (C=O) groups is 1. The quantitative estimate of drug-likeness (QED) is 0.445. The van der Waals surface area contributed by atoms with Crippen molar-refractivity contribution in [3.63, 3.8) is 0 Å². The minimum atomic E-state index is -1.51. The van der Waals surface area contributed by atoms with Gasteiger partial charge in [0.1, 0.15) is 11.9 Å². The number of hydrogen-bond donors (Lipinski definition) is 2. The van der Waals surface area contributed by atoms with E-state index in [0.29, 0.717) is 0 Å². The highest BCUT2D eigenvalue weighted by molar-refractivity contribution is 5.69. The van der Waals surface area contributed by atoms with Gasteiger partial charge in [-0.3, -0.25) is 14.9 Å². The maximum Gasteiger partial charge on any atom is 0.308 e. The van der Waals surface area contributed by atoms with Gasteiger partial charge in [-0.1, -0.05) is 0 Å². The number of aliphatic hydroxyl groups is 2. The minimum Gasteiger partial charge on any atom is -0.496 e. The number of rotatable bonds is 6. The molecule has 0 spiro atoms. The number of nitro benzene ring substituents is 1. The van der Waals surface area contributed by atoms with Crippen molar-refractivity contribution in [3.05, 3.63) is 33.9 Å². The van der Waals surface area contributed by atoms with Crippen LogP contribution in [-0.2, 0) is 9.53 Å². The Labute approximate surface area is 114 Å². The second kappa shape index (κ2) is 6.83. The van der Waals surface area contributed by atoms with Crippen LogP contribution in [0.25, 0.3) is 0 Å². The molecule has 8 nitrogen and oxygen atoms in total. The van der Waals surface area contributed by atoms with E-state index in [4.69, 9.17) is 4.74 Å². The number of hydrogen-bond acceptors (Lipinski definition) is 7. The number of nitro groups is 1. The van der Waals surface area contributed by atoms with Crippen molar-refractivity contribution in [1.82, 2.24) is 0 Å². The molecule has 0 heterocycles. The smallest absolute Gasteiger partial charge is 0.308 e. The number of methoxy groups -OCH3 is 2. The van der Waals surface area contributed by atoms with E-state index >= 15 is 0 Å². The van der Waals surface area contributed by atoms with E-state index in [1.165, 1.54) is 19.2 Å². The van der Waals surface area contributed by atoms with Crippen LogP contribution in [0.4, 0.5) is 5.69 Å². The zero-order chi connectivity index (χ0) is 15.3. The summed E-state index contributed by atoms with van der Waals surface area (Å²) >= 11 is 0. The minimum absolute atomic E-state index is 0.0260. The summed E-state index contributed by atoms with van der Waals surface area (Å²) in [6, 6.07) is 3.60. The van der Waals surface area contributed by atoms with Crippen LogP contribution in [0.3, 0.4) is 0 Å². The predicted molar refractivity (Wildman–Crippen MR) is 67.2 cm³/mol. The normalized spacial score (nSPS) is 13.4. The molecule has 0 radical (unpaired) electrons. The lowest BCUT2D eigenvalue weighted by Gasteiger charge is -2.19. The molecule has 2 atom stereocenters. The van der Waals surface area contributed by atoms with Gasteiger partial charge in [-0.2, -0.15) is 0 Å². The molecule has 1 aromatic rings. The highest BCUT2D eigenvalue weighted by atomic mass is 16.6. The molecule has 0 saturated heterocycles. The summed E-state index contributed by atoms with van der Waals surface area (Å²) < 4.78 is 9.35. The fourth-order valence-electron chi connectivity index (χ4n) is 1.64. The lowest BCUT2D eigenvalue weighted by atomic mass is 10.0. The number of benzene rings is 1. The van der Waals surface area contributed by atoms with Gasteiger partial charge in [0.25, 0.3) is 5.69 Å². The number of carbonyl (C=O) groups excluding carboxylic acids is 1. The third-order valence-electron chi connectivity index (χ3n) is 2.71. The fraction of sp³-hybridized carbons (Fsp3) is 0.417. The van der Waals surface area contributed by atoms with E-state index in [0.717, 1.165) is 13.2 Å². The molecule has 1 aromatic carbocycles. The largest absolute Gasteiger partial charge is 0.496 e. The Bertz CT molecular complexity index is 503. The third kappa shape index (κ3) is 3.65. The van der Waals surface area contributed by atoms with Crippen LogP contribution in [-0.4, -0.2) is 41.4 Å². The van der Waals surface area contributed by atoms with Crippen molar-refractivity contribution >= 4 is 11.7 Å². The summed E-state index contributed by atoms with van der Waals surface area (Å²) in [7, 11) is 2.47. The van der Waals surface area contributed by atoms with E-state index in [1.54, 1.807) is 0 Å². The van der Waals surface area contributed by atoms with E-state index in [9.17, 15) is 25.1 Å². The monoisotopic (exact) mass is 285 g/mol. The molecule has 0 aliphatic rings. The molecule has 2 N–H and O–H groups in total. The first-order valence-electron chi connectivity index (χ1n) is 5.66. The number of aliphatic hydroxyl groups excluding tert-OH is 2. The van der Waals surface area contributed by atoms with Crippen molar-refractivity contribution in [2.45, 2.75) is 18.6 Å². The standard InChI is InChI=1S/C12H15NO7/c1-19-10-4-3-7(13(17)18)5-8(10)12(16)9(14)6-11(15)20-2/h3-5,9,12,14,16H,6H2,1-2H3. The third-order valence-corrected chi connectivity index (χ3v) is 2.71. The van der Waals surface area contributed by atoms with Crippen LogP contribution in [0.5, 0.6) is 5.75 Å². The molecular formula is C12H15NO7. The molecular weight excluding hydrogens is 270 g/mol. The zero-order valence-corrected chi connectivity index (χ0v) is 11.0. The molecule has 8 heteroatoms. The van der Waals surface area contributed by atoms with Gasteiger partial charge in [-0.25, -0.2) is 0 Å². The van der Waals surface area contributed by atoms with Gasteiger partial charge in [0.05, 0.1) is 31.7 Å². The first kappa shape index (κ1) is 15.9. The number of esters is 1. The van der Waals surface area contributed by atoms with Crippen molar-refractivity contribution in [2.24, 2.45) is 0 Å². The Balaban J connectivity index is 3.05. The summed E-state index contributed by atoms with van der Waals surface area (Å²) in [4.78, 5) is 21.1. The number of nitrogens with zero attached hydrogens (tertiary/aromatic N) is 1. The maximum absolute atomic E-state index is 11.1. The van der Waals surface area contributed by atoms with E-state index < -0.39 is 29.5 Å². The summed E-state index contributed by atoms with van der Waals surface area (Å²) in [5, 5.41) is 30.5. The molecule has 0 aliphatic carbocycles. The Morgan fingerprint density at radius 3 is 2.55 bits per heavy atom. The molecule has 1 rings (SSSR count). The van der Waals surface area contributed by atoms with E-state index in [2.05, 4.69) is 4.74 Å². The average molecular weight is 285 g/mol. The molecule has 20 heavy (non-hydrogen) atoms. The van der Waals surface area contributed by atoms with Crippen LogP contribution in [0.2, 0.25) is 0 Å². The SMILES string of the molecule is COC(=O)CC(O)C(O)c1cc([N+](=O)[O-])ccc1OC. The summed E-state index contributed by atoms with van der Waals surface area (Å²) in [6.45, 7) is 0. The van der Waals surface area contributed by atoms with Gasteiger partial charge in [0.2, 0.25) is 0 Å². The Hall–Kier alpha value is -2.19. The van der Waals surface area contributed by atoms with Crippen LogP contribution >= 0.6 is 0 Å². The van der Waals surface area contributed by atoms with Gasteiger partial charge in [0.15, 0.2) is 0 Å². The molecule has 0 saturated carbocycles. The van der Waals surface area contributed by atoms with Gasteiger partial charge in [0, 0.05) is 17.7 Å². The second-order valence-corrected chi connectivity index (χ2v) is 3.98. The lowest BCUT2D eigenvalue weighted by Crippen LogP contribution is -2.23. The molecule has 0 bridgehead atoms. The molecule has 0 aromatic heterocycles. The fourth-order valence-corrected chi connectivity index (χ4v) is 1.64.